The summed E-state index contributed by atoms with van der Waals surface area (Å²) in [5, 5.41) is 0. The average molecular weight is 584 g/mol. The van der Waals surface area contributed by atoms with Gasteiger partial charge in [-0.05, 0) is 116 Å². The van der Waals surface area contributed by atoms with E-state index in [9.17, 15) is 0 Å². The topological polar surface area (TPSA) is 57.4 Å². The molecule has 0 fully saturated rings. The van der Waals surface area contributed by atoms with Crippen LogP contribution in [0.5, 0.6) is 0 Å². The molecule has 0 unspecified atom stereocenters. The Morgan fingerprint density at radius 1 is 0.550 bits per heavy atom. The third-order valence-corrected chi connectivity index (χ3v) is 7.99. The lowest BCUT2D eigenvalue weighted by atomic mass is 9.92. The van der Waals surface area contributed by atoms with Gasteiger partial charge < -0.3 is 9.97 Å². The summed E-state index contributed by atoms with van der Waals surface area (Å²) in [4.78, 5) is 17.4. The third-order valence-electron chi connectivity index (χ3n) is 7.46. The molecule has 0 atom stereocenters. The first-order chi connectivity index (χ1) is 19.4. The van der Waals surface area contributed by atoms with Crippen molar-refractivity contribution in [1.82, 2.24) is 19.9 Å². The van der Waals surface area contributed by atoms with Crippen molar-refractivity contribution in [2.24, 2.45) is 0 Å². The molecule has 0 saturated carbocycles. The fourth-order valence-corrected chi connectivity index (χ4v) is 6.10. The minimum atomic E-state index is 0.904. The maximum Gasteiger partial charge on any atom is 0.0738 e. The molecule has 2 aromatic carbocycles. The summed E-state index contributed by atoms with van der Waals surface area (Å²) in [5.74, 6) is 0. The minimum absolute atomic E-state index is 0.904. The summed E-state index contributed by atoms with van der Waals surface area (Å²) in [7, 11) is 0. The van der Waals surface area contributed by atoms with E-state index in [1.54, 1.807) is 0 Å². The summed E-state index contributed by atoms with van der Waals surface area (Å²) >= 11 is 3.57. The highest BCUT2D eigenvalue weighted by Crippen LogP contribution is 2.36. The fraction of sp³-hybridized carbons (Fsp3) is 0.0857. The normalized spacial score (nSPS) is 12.3. The van der Waals surface area contributed by atoms with Gasteiger partial charge in [0.05, 0.1) is 22.8 Å². The fourth-order valence-electron chi connectivity index (χ4n) is 5.83. The van der Waals surface area contributed by atoms with E-state index < -0.39 is 0 Å². The van der Waals surface area contributed by atoms with Crippen LogP contribution in [0.25, 0.3) is 68.6 Å². The number of hydrogen-bond acceptors (Lipinski definition) is 2. The molecule has 8 bridgehead atoms. The van der Waals surface area contributed by atoms with Crippen LogP contribution in [-0.2, 0) is 0 Å². The molecule has 7 rings (SSSR count). The molecule has 2 N–H and O–H groups in total. The molecule has 4 nitrogen and oxygen atoms in total. The van der Waals surface area contributed by atoms with Crippen LogP contribution in [0.2, 0.25) is 0 Å². The van der Waals surface area contributed by atoms with Crippen molar-refractivity contribution in [3.05, 3.63) is 117 Å². The average Bonchev–Trinajstić information content (AvgIpc) is 3.72. The number of halogens is 1. The van der Waals surface area contributed by atoms with Crippen LogP contribution in [0.3, 0.4) is 0 Å². The van der Waals surface area contributed by atoms with Crippen LogP contribution in [0, 0.1) is 20.8 Å². The van der Waals surface area contributed by atoms with E-state index in [4.69, 9.17) is 9.97 Å². The van der Waals surface area contributed by atoms with Gasteiger partial charge in [0.2, 0.25) is 0 Å². The maximum atomic E-state index is 5.09. The van der Waals surface area contributed by atoms with E-state index in [0.29, 0.717) is 0 Å². The van der Waals surface area contributed by atoms with E-state index in [1.807, 2.05) is 0 Å². The zero-order valence-electron chi connectivity index (χ0n) is 22.5. The van der Waals surface area contributed by atoms with Crippen LogP contribution >= 0.6 is 15.9 Å². The first-order valence-electron chi connectivity index (χ1n) is 13.4. The Kier molecular flexibility index (Phi) is 5.90. The lowest BCUT2D eigenvalue weighted by molar-refractivity contribution is 1.25. The summed E-state index contributed by atoms with van der Waals surface area (Å²) in [6.07, 6.45) is 8.38. The predicted octanol–water partition coefficient (Wildman–Crippen LogP) is 9.68. The first kappa shape index (κ1) is 24.6. The SMILES string of the molecule is Cc1cc(C)c(-c2c3nc(cc4ccc([nH]4)c(-c4ccc(Br)cc4)c4ccc(cc5nc2C=C5)[nH]4)C=C3)c(C)c1. The van der Waals surface area contributed by atoms with Crippen molar-refractivity contribution in [3.8, 4) is 22.3 Å². The van der Waals surface area contributed by atoms with Crippen molar-refractivity contribution in [1.29, 1.82) is 0 Å². The lowest BCUT2D eigenvalue weighted by Gasteiger charge is -2.13. The molecule has 2 aliphatic rings. The molecule has 5 aromatic rings. The van der Waals surface area contributed by atoms with E-state index in [2.05, 4.69) is 144 Å². The molecule has 5 heteroatoms. The van der Waals surface area contributed by atoms with E-state index in [-0.39, 0.29) is 0 Å². The van der Waals surface area contributed by atoms with Crippen molar-refractivity contribution in [2.75, 3.05) is 0 Å². The Morgan fingerprint density at radius 2 is 1.07 bits per heavy atom. The number of nitrogens with zero attached hydrogens (tertiary/aromatic N) is 2. The Morgan fingerprint density at radius 3 is 1.60 bits per heavy atom. The Balaban J connectivity index is 1.57. The standard InChI is InChI=1S/C35H27BrN4/c1-20-16-21(2)33(22(3)17-20)35-31-14-10-27(39-31)18-25-8-12-29(37-25)34(23-4-6-24(36)7-5-23)30-13-9-26(38-30)19-28-11-15-32(35)40-28/h4-19,37-38H,1-3H3. The van der Waals surface area contributed by atoms with Gasteiger partial charge in [-0.15, -0.1) is 0 Å². The Hall–Kier alpha value is -4.48. The van der Waals surface area contributed by atoms with Crippen molar-refractivity contribution in [2.45, 2.75) is 20.8 Å². The second-order valence-corrected chi connectivity index (χ2v) is 11.4. The van der Waals surface area contributed by atoms with Crippen LogP contribution in [0.1, 0.15) is 39.5 Å². The second kappa shape index (κ2) is 9.61. The highest BCUT2D eigenvalue weighted by Gasteiger charge is 2.18. The van der Waals surface area contributed by atoms with Crippen molar-refractivity contribution in [3.63, 3.8) is 0 Å². The van der Waals surface area contributed by atoms with Crippen LogP contribution < -0.4 is 0 Å². The van der Waals surface area contributed by atoms with Gasteiger partial charge in [-0.2, -0.15) is 0 Å². The predicted molar refractivity (Wildman–Crippen MR) is 172 cm³/mol. The summed E-state index contributed by atoms with van der Waals surface area (Å²) in [6, 6.07) is 25.6. The molecule has 40 heavy (non-hydrogen) atoms. The Bertz CT molecular complexity index is 1920. The van der Waals surface area contributed by atoms with Gasteiger partial charge in [0.15, 0.2) is 0 Å². The van der Waals surface area contributed by atoms with E-state index >= 15 is 0 Å². The van der Waals surface area contributed by atoms with Crippen LogP contribution in [0.15, 0.2) is 77.3 Å². The smallest absolute Gasteiger partial charge is 0.0738 e. The molecular formula is C35H27BrN4. The number of aromatic nitrogens is 4. The van der Waals surface area contributed by atoms with Crippen LogP contribution in [-0.4, -0.2) is 19.9 Å². The minimum Gasteiger partial charge on any atom is -0.355 e. The van der Waals surface area contributed by atoms with Gasteiger partial charge in [-0.3, -0.25) is 0 Å². The highest BCUT2D eigenvalue weighted by atomic mass is 79.9. The van der Waals surface area contributed by atoms with Gasteiger partial charge in [-0.1, -0.05) is 45.8 Å². The monoisotopic (exact) mass is 582 g/mol. The molecule has 0 saturated heterocycles. The van der Waals surface area contributed by atoms with Gasteiger partial charge in [0.1, 0.15) is 0 Å². The number of H-pyrrole nitrogens is 2. The molecule has 0 radical (unpaired) electrons. The number of aromatic amines is 2. The molecule has 2 aliphatic heterocycles. The van der Waals surface area contributed by atoms with Crippen molar-refractivity contribution >= 4 is 62.3 Å². The van der Waals surface area contributed by atoms with Gasteiger partial charge in [-0.25, -0.2) is 9.97 Å². The second-order valence-electron chi connectivity index (χ2n) is 10.5. The summed E-state index contributed by atoms with van der Waals surface area (Å²) in [5.41, 5.74) is 15.9. The number of rotatable bonds is 2. The summed E-state index contributed by atoms with van der Waals surface area (Å²) < 4.78 is 1.05. The highest BCUT2D eigenvalue weighted by molar-refractivity contribution is 9.10. The van der Waals surface area contributed by atoms with Gasteiger partial charge in [0.25, 0.3) is 0 Å². The molecule has 0 spiro atoms. The van der Waals surface area contributed by atoms with Gasteiger partial charge in [0, 0.05) is 37.7 Å². The largest absolute Gasteiger partial charge is 0.355 e. The van der Waals surface area contributed by atoms with Gasteiger partial charge >= 0.3 is 0 Å². The molecule has 194 valence electrons. The zero-order valence-corrected chi connectivity index (χ0v) is 24.1. The van der Waals surface area contributed by atoms with E-state index in [1.165, 1.54) is 22.3 Å². The maximum absolute atomic E-state index is 5.09. The quantitative estimate of drug-likeness (QED) is 0.213. The number of hydrogen-bond donors (Lipinski definition) is 2. The zero-order chi connectivity index (χ0) is 27.4. The number of nitrogens with one attached hydrogen (secondary N) is 2. The Labute approximate surface area is 241 Å². The molecule has 3 aromatic heterocycles. The van der Waals surface area contributed by atoms with E-state index in [0.717, 1.165) is 66.0 Å². The molecule has 0 amide bonds. The molecular weight excluding hydrogens is 556 g/mol. The number of fused-ring (bicyclic) bond motifs is 8. The number of benzene rings is 2. The number of aryl methyl sites for hydroxylation is 3. The molecule has 0 aliphatic carbocycles. The lowest BCUT2D eigenvalue weighted by Crippen LogP contribution is -1.95. The van der Waals surface area contributed by atoms with Crippen molar-refractivity contribution < 1.29 is 0 Å². The third kappa shape index (κ3) is 4.42. The molecule has 5 heterocycles. The summed E-state index contributed by atoms with van der Waals surface area (Å²) in [6.45, 7) is 6.49. The first-order valence-corrected chi connectivity index (χ1v) is 14.1. The van der Waals surface area contributed by atoms with Crippen LogP contribution in [0.4, 0.5) is 0 Å².